The fourth-order valence-electron chi connectivity index (χ4n) is 4.14. The number of benzene rings is 2. The van der Waals surface area contributed by atoms with Crippen LogP contribution in [0.2, 0.25) is 5.15 Å². The van der Waals surface area contributed by atoms with Gasteiger partial charge in [-0.25, -0.2) is 13.8 Å². The molecule has 6 nitrogen and oxygen atoms in total. The number of fused-ring (bicyclic) bond motifs is 1. The van der Waals surface area contributed by atoms with Gasteiger partial charge in [-0.15, -0.1) is 0 Å². The van der Waals surface area contributed by atoms with E-state index in [1.807, 2.05) is 0 Å². The van der Waals surface area contributed by atoms with E-state index in [9.17, 15) is 27.2 Å². The molecule has 12 heteroatoms. The number of nitrogens with zero attached hydrogens (tertiary/aromatic N) is 1. The summed E-state index contributed by atoms with van der Waals surface area (Å²) >= 11 is 9.62. The van der Waals surface area contributed by atoms with Crippen LogP contribution in [0.25, 0.3) is 10.9 Å². The molecule has 0 fully saturated rings. The second-order valence-electron chi connectivity index (χ2n) is 8.73. The van der Waals surface area contributed by atoms with E-state index in [0.29, 0.717) is 27.4 Å². The van der Waals surface area contributed by atoms with Crippen LogP contribution in [0.1, 0.15) is 60.0 Å². The molecule has 0 aliphatic heterocycles. The Hall–Kier alpha value is -2.92. The van der Waals surface area contributed by atoms with Gasteiger partial charge in [0.15, 0.2) is 0 Å². The lowest BCUT2D eigenvalue weighted by Crippen LogP contribution is -2.30. The Bertz CT molecular complexity index is 1340. The number of amides is 1. The first-order chi connectivity index (χ1) is 18.5. The minimum atomic E-state index is -3.24. The van der Waals surface area contributed by atoms with Crippen LogP contribution in [-0.2, 0) is 9.53 Å². The van der Waals surface area contributed by atoms with Gasteiger partial charge in [-0.3, -0.25) is 9.59 Å². The molecule has 0 aliphatic rings. The van der Waals surface area contributed by atoms with Crippen LogP contribution in [0.4, 0.5) is 17.6 Å². The van der Waals surface area contributed by atoms with Crippen molar-refractivity contribution in [3.05, 3.63) is 68.5 Å². The van der Waals surface area contributed by atoms with E-state index in [4.69, 9.17) is 16.3 Å². The molecule has 1 N–H and O–H groups in total. The van der Waals surface area contributed by atoms with E-state index in [0.717, 1.165) is 12.1 Å². The molecule has 0 radical (unpaired) electrons. The molecule has 1 aromatic heterocycles. The fourth-order valence-corrected chi connectivity index (χ4v) is 4.68. The summed E-state index contributed by atoms with van der Waals surface area (Å²) in [6.45, 7) is -0.164. The quantitative estimate of drug-likeness (QED) is 0.126. The third-order valence-electron chi connectivity index (χ3n) is 5.98. The summed E-state index contributed by atoms with van der Waals surface area (Å²) in [5.74, 6) is -3.77. The van der Waals surface area contributed by atoms with Crippen molar-refractivity contribution < 1.29 is 36.6 Å². The molecule has 0 bridgehead atoms. The van der Waals surface area contributed by atoms with Crippen molar-refractivity contribution in [2.45, 2.75) is 58.4 Å². The first kappa shape index (κ1) is 30.6. The lowest BCUT2D eigenvalue weighted by atomic mass is 9.92. The summed E-state index contributed by atoms with van der Waals surface area (Å²) in [4.78, 5) is 29.9. The smallest absolute Gasteiger partial charge is 0.387 e. The minimum absolute atomic E-state index is 0.0167. The molecule has 39 heavy (non-hydrogen) atoms. The Morgan fingerprint density at radius 2 is 1.90 bits per heavy atom. The van der Waals surface area contributed by atoms with E-state index in [-0.39, 0.29) is 42.1 Å². The molecule has 0 saturated carbocycles. The SMILES string of the molecule is CCCC(F)OC(=O)CCC(CNC(=O)c1c(C)c(Cl)nc2ccc(Br)cc12)c1c(F)cccc1OC(F)F. The standard InChI is InChI=1S/C27H26BrClF4N2O4/c1-3-5-21(31)39-22(36)11-8-15(24-18(30)6-4-7-20(24)38-27(32)33)13-34-26(37)23-14(2)25(29)35-19-10-9-16(28)12-17(19)23/h4,6-7,9-10,12,15,21,27H,3,5,8,11,13H2,1-2H3,(H,34,37). The molecule has 210 valence electrons. The van der Waals surface area contributed by atoms with Crippen LogP contribution in [-0.4, -0.2) is 36.4 Å². The zero-order chi connectivity index (χ0) is 28.7. The summed E-state index contributed by atoms with van der Waals surface area (Å²) in [6.07, 6.45) is -1.83. The molecule has 2 atom stereocenters. The van der Waals surface area contributed by atoms with Crippen LogP contribution in [0.3, 0.4) is 0 Å². The van der Waals surface area contributed by atoms with Crippen molar-refractivity contribution >= 4 is 50.3 Å². The minimum Gasteiger partial charge on any atom is -0.434 e. The number of halogens is 6. The Morgan fingerprint density at radius 3 is 2.59 bits per heavy atom. The summed E-state index contributed by atoms with van der Waals surface area (Å²) in [6, 6.07) is 8.53. The number of aromatic nitrogens is 1. The van der Waals surface area contributed by atoms with Crippen molar-refractivity contribution in [2.75, 3.05) is 6.54 Å². The van der Waals surface area contributed by atoms with Gasteiger partial charge < -0.3 is 14.8 Å². The molecule has 3 aromatic rings. The number of hydrogen-bond acceptors (Lipinski definition) is 5. The van der Waals surface area contributed by atoms with Gasteiger partial charge in [-0.1, -0.05) is 40.5 Å². The van der Waals surface area contributed by atoms with E-state index in [2.05, 4.69) is 31.0 Å². The Balaban J connectivity index is 1.91. The maximum Gasteiger partial charge on any atom is 0.387 e. The van der Waals surface area contributed by atoms with Crippen molar-refractivity contribution in [1.29, 1.82) is 0 Å². The molecular formula is C27H26BrClF4N2O4. The van der Waals surface area contributed by atoms with Crippen molar-refractivity contribution in [3.8, 4) is 5.75 Å². The number of esters is 1. The number of nitrogens with one attached hydrogen (secondary N) is 1. The fraction of sp³-hybridized carbons (Fsp3) is 0.370. The predicted molar refractivity (Wildman–Crippen MR) is 142 cm³/mol. The lowest BCUT2D eigenvalue weighted by Gasteiger charge is -2.22. The zero-order valence-corrected chi connectivity index (χ0v) is 23.4. The third kappa shape index (κ3) is 8.04. The monoisotopic (exact) mass is 632 g/mol. The molecule has 0 saturated heterocycles. The van der Waals surface area contributed by atoms with E-state index < -0.39 is 42.3 Å². The second-order valence-corrected chi connectivity index (χ2v) is 10.0. The van der Waals surface area contributed by atoms with Crippen molar-refractivity contribution in [1.82, 2.24) is 10.3 Å². The second kappa shape index (κ2) is 13.9. The van der Waals surface area contributed by atoms with Crippen molar-refractivity contribution in [2.24, 2.45) is 0 Å². The Morgan fingerprint density at radius 1 is 1.15 bits per heavy atom. The highest BCUT2D eigenvalue weighted by Gasteiger charge is 2.26. The van der Waals surface area contributed by atoms with Gasteiger partial charge in [0.25, 0.3) is 5.91 Å². The molecule has 0 spiro atoms. The summed E-state index contributed by atoms with van der Waals surface area (Å²) in [7, 11) is 0. The van der Waals surface area contributed by atoms with E-state index in [1.54, 1.807) is 32.0 Å². The molecule has 1 amide bonds. The van der Waals surface area contributed by atoms with Crippen molar-refractivity contribution in [3.63, 3.8) is 0 Å². The van der Waals surface area contributed by atoms with Crippen LogP contribution >= 0.6 is 27.5 Å². The lowest BCUT2D eigenvalue weighted by molar-refractivity contribution is -0.158. The molecule has 2 unspecified atom stereocenters. The topological polar surface area (TPSA) is 77.5 Å². The normalized spacial score (nSPS) is 12.8. The van der Waals surface area contributed by atoms with Gasteiger partial charge in [-0.2, -0.15) is 8.78 Å². The summed E-state index contributed by atoms with van der Waals surface area (Å²) in [5, 5.41) is 3.31. The number of ether oxygens (including phenoxy) is 2. The molecule has 0 aliphatic carbocycles. The van der Waals surface area contributed by atoms with E-state index in [1.165, 1.54) is 6.07 Å². The number of hydrogen-bond donors (Lipinski definition) is 1. The van der Waals surface area contributed by atoms with Crippen LogP contribution < -0.4 is 10.1 Å². The summed E-state index contributed by atoms with van der Waals surface area (Å²) < 4.78 is 64.8. The number of carbonyl (C=O) groups excluding carboxylic acids is 2. The van der Waals surface area contributed by atoms with Gasteiger partial charge >= 0.3 is 12.6 Å². The predicted octanol–water partition coefficient (Wildman–Crippen LogP) is 7.63. The van der Waals surface area contributed by atoms with Gasteiger partial charge in [0.2, 0.25) is 6.36 Å². The number of rotatable bonds is 12. The average molecular weight is 634 g/mol. The number of alkyl halides is 3. The van der Waals surface area contributed by atoms with Gasteiger partial charge in [0.1, 0.15) is 16.7 Å². The maximum atomic E-state index is 15.0. The maximum absolute atomic E-state index is 15.0. The molecule has 2 aromatic carbocycles. The zero-order valence-electron chi connectivity index (χ0n) is 21.1. The first-order valence-electron chi connectivity index (χ1n) is 12.1. The third-order valence-corrected chi connectivity index (χ3v) is 6.84. The van der Waals surface area contributed by atoms with Gasteiger partial charge in [-0.05, 0) is 55.7 Å². The van der Waals surface area contributed by atoms with Crippen LogP contribution in [0.15, 0.2) is 40.9 Å². The highest BCUT2D eigenvalue weighted by Crippen LogP contribution is 2.34. The van der Waals surface area contributed by atoms with Gasteiger partial charge in [0, 0.05) is 40.7 Å². The molecule has 3 rings (SSSR count). The Kier molecular flexibility index (Phi) is 10.9. The molecular weight excluding hydrogens is 608 g/mol. The van der Waals surface area contributed by atoms with Crippen LogP contribution in [0.5, 0.6) is 5.75 Å². The Labute approximate surface area is 236 Å². The highest BCUT2D eigenvalue weighted by atomic mass is 79.9. The van der Waals surface area contributed by atoms with Gasteiger partial charge in [0.05, 0.1) is 11.1 Å². The number of pyridine rings is 1. The number of carbonyl (C=O) groups is 2. The first-order valence-corrected chi connectivity index (χ1v) is 13.3. The van der Waals surface area contributed by atoms with E-state index >= 15 is 0 Å². The largest absolute Gasteiger partial charge is 0.434 e. The summed E-state index contributed by atoms with van der Waals surface area (Å²) in [5.41, 5.74) is 0.834. The molecule has 1 heterocycles. The van der Waals surface area contributed by atoms with Crippen LogP contribution in [0, 0.1) is 12.7 Å². The average Bonchev–Trinajstić information content (AvgIpc) is 2.85. The highest BCUT2D eigenvalue weighted by molar-refractivity contribution is 9.10.